The summed E-state index contributed by atoms with van der Waals surface area (Å²) in [6, 6.07) is 3.89. The number of nitrogens with zero attached hydrogens (tertiary/aromatic N) is 3. The summed E-state index contributed by atoms with van der Waals surface area (Å²) in [4.78, 5) is 4.04. The molecule has 0 aromatic carbocycles. The molecule has 0 fully saturated rings. The van der Waals surface area contributed by atoms with Crippen molar-refractivity contribution in [3.8, 4) is 5.69 Å². The summed E-state index contributed by atoms with van der Waals surface area (Å²) in [6.07, 6.45) is 8.48. The lowest BCUT2D eigenvalue weighted by molar-refractivity contribution is 0.873. The first-order chi connectivity index (χ1) is 6.40. The summed E-state index contributed by atoms with van der Waals surface area (Å²) in [7, 11) is 0. The van der Waals surface area contributed by atoms with Gasteiger partial charge in [-0.3, -0.25) is 4.98 Å². The van der Waals surface area contributed by atoms with Gasteiger partial charge in [-0.2, -0.15) is 5.10 Å². The third-order valence-electron chi connectivity index (χ3n) is 1.95. The number of aromatic nitrogens is 3. The van der Waals surface area contributed by atoms with Gasteiger partial charge in [0.05, 0.1) is 18.1 Å². The summed E-state index contributed by atoms with van der Waals surface area (Å²) in [5.74, 6) is 0. The maximum Gasteiger partial charge on any atom is 0.0828 e. The van der Waals surface area contributed by atoms with Gasteiger partial charge in [0.2, 0.25) is 0 Å². The summed E-state index contributed by atoms with van der Waals surface area (Å²) in [5, 5.41) is 4.23. The second-order valence-corrected chi connectivity index (χ2v) is 2.86. The average Bonchev–Trinajstić information content (AvgIpc) is 2.67. The Morgan fingerprint density at radius 3 is 2.92 bits per heavy atom. The van der Waals surface area contributed by atoms with Gasteiger partial charge in [-0.15, -0.1) is 0 Å². The Labute approximate surface area is 77.0 Å². The lowest BCUT2D eigenvalue weighted by Gasteiger charge is -1.97. The first-order valence-electron chi connectivity index (χ1n) is 4.34. The average molecular weight is 173 g/mol. The summed E-state index contributed by atoms with van der Waals surface area (Å²) in [6.45, 7) is 2.12. The van der Waals surface area contributed by atoms with Crippen molar-refractivity contribution in [2.24, 2.45) is 0 Å². The van der Waals surface area contributed by atoms with Crippen molar-refractivity contribution in [1.29, 1.82) is 0 Å². The maximum atomic E-state index is 4.23. The summed E-state index contributed by atoms with van der Waals surface area (Å²) >= 11 is 0. The van der Waals surface area contributed by atoms with E-state index >= 15 is 0 Å². The number of rotatable bonds is 2. The van der Waals surface area contributed by atoms with Crippen LogP contribution in [0.15, 0.2) is 36.9 Å². The topological polar surface area (TPSA) is 30.7 Å². The summed E-state index contributed by atoms with van der Waals surface area (Å²) < 4.78 is 1.84. The van der Waals surface area contributed by atoms with Crippen molar-refractivity contribution < 1.29 is 0 Å². The minimum Gasteiger partial charge on any atom is -0.262 e. The third-order valence-corrected chi connectivity index (χ3v) is 1.95. The molecule has 0 saturated carbocycles. The highest BCUT2D eigenvalue weighted by molar-refractivity contribution is 5.27. The van der Waals surface area contributed by atoms with Crippen LogP contribution in [-0.2, 0) is 6.42 Å². The van der Waals surface area contributed by atoms with Gasteiger partial charge in [0.15, 0.2) is 0 Å². The van der Waals surface area contributed by atoms with Gasteiger partial charge in [-0.1, -0.05) is 6.92 Å². The second-order valence-electron chi connectivity index (χ2n) is 2.86. The molecule has 0 saturated heterocycles. The number of hydrogen-bond donors (Lipinski definition) is 0. The van der Waals surface area contributed by atoms with E-state index in [1.807, 2.05) is 29.2 Å². The Hall–Kier alpha value is -1.64. The monoisotopic (exact) mass is 173 g/mol. The van der Waals surface area contributed by atoms with E-state index in [-0.39, 0.29) is 0 Å². The second kappa shape index (κ2) is 3.39. The predicted octanol–water partition coefficient (Wildman–Crippen LogP) is 1.83. The Kier molecular flexibility index (Phi) is 2.08. The van der Waals surface area contributed by atoms with Crippen LogP contribution in [0.5, 0.6) is 0 Å². The van der Waals surface area contributed by atoms with E-state index in [4.69, 9.17) is 0 Å². The van der Waals surface area contributed by atoms with Crippen molar-refractivity contribution in [2.45, 2.75) is 13.3 Å². The standard InChI is InChI=1S/C10H11N3/c1-2-9-6-12-13(8-9)10-4-3-5-11-7-10/h3-8H,2H2,1H3. The fraction of sp³-hybridized carbons (Fsp3) is 0.200. The van der Waals surface area contributed by atoms with Gasteiger partial charge in [0, 0.05) is 12.4 Å². The molecule has 2 heterocycles. The number of pyridine rings is 1. The maximum absolute atomic E-state index is 4.23. The Morgan fingerprint density at radius 1 is 1.38 bits per heavy atom. The molecule has 0 N–H and O–H groups in total. The van der Waals surface area contributed by atoms with E-state index in [0.29, 0.717) is 0 Å². The molecule has 13 heavy (non-hydrogen) atoms. The molecule has 0 unspecified atom stereocenters. The van der Waals surface area contributed by atoms with Crippen LogP contribution in [0, 0.1) is 0 Å². The first-order valence-corrected chi connectivity index (χ1v) is 4.34. The Morgan fingerprint density at radius 2 is 2.31 bits per heavy atom. The van der Waals surface area contributed by atoms with Crippen LogP contribution in [0.3, 0.4) is 0 Å². The molecule has 3 nitrogen and oxygen atoms in total. The van der Waals surface area contributed by atoms with E-state index in [1.165, 1.54) is 5.56 Å². The molecule has 0 atom stereocenters. The van der Waals surface area contributed by atoms with Crippen LogP contribution in [0.1, 0.15) is 12.5 Å². The van der Waals surface area contributed by atoms with E-state index in [2.05, 4.69) is 17.0 Å². The van der Waals surface area contributed by atoms with Crippen LogP contribution >= 0.6 is 0 Å². The lowest BCUT2D eigenvalue weighted by atomic mass is 10.3. The van der Waals surface area contributed by atoms with E-state index in [9.17, 15) is 0 Å². The third kappa shape index (κ3) is 1.59. The minimum atomic E-state index is 1.00. The molecule has 0 spiro atoms. The highest BCUT2D eigenvalue weighted by Gasteiger charge is 1.97. The number of aryl methyl sites for hydroxylation is 1. The molecule has 0 aliphatic heterocycles. The van der Waals surface area contributed by atoms with Crippen molar-refractivity contribution in [3.63, 3.8) is 0 Å². The highest BCUT2D eigenvalue weighted by Crippen LogP contribution is 2.06. The lowest BCUT2D eigenvalue weighted by Crippen LogP contribution is -1.93. The smallest absolute Gasteiger partial charge is 0.0828 e. The Balaban J connectivity index is 2.36. The van der Waals surface area contributed by atoms with Crippen LogP contribution in [0.4, 0.5) is 0 Å². The predicted molar refractivity (Wildman–Crippen MR) is 50.7 cm³/mol. The van der Waals surface area contributed by atoms with Crippen LogP contribution < -0.4 is 0 Å². The fourth-order valence-corrected chi connectivity index (χ4v) is 1.17. The largest absolute Gasteiger partial charge is 0.262 e. The molecule has 2 rings (SSSR count). The molecule has 0 aliphatic rings. The minimum absolute atomic E-state index is 1.00. The molecule has 0 bridgehead atoms. The molecule has 2 aromatic rings. The molecular formula is C10H11N3. The first kappa shape index (κ1) is 7.98. The number of hydrogen-bond acceptors (Lipinski definition) is 2. The summed E-state index contributed by atoms with van der Waals surface area (Å²) in [5.41, 5.74) is 2.24. The normalized spacial score (nSPS) is 10.2. The van der Waals surface area contributed by atoms with E-state index < -0.39 is 0 Å². The molecular weight excluding hydrogens is 162 g/mol. The zero-order valence-electron chi connectivity index (χ0n) is 7.51. The van der Waals surface area contributed by atoms with Gasteiger partial charge in [0.1, 0.15) is 0 Å². The van der Waals surface area contributed by atoms with E-state index in [1.54, 1.807) is 12.4 Å². The van der Waals surface area contributed by atoms with Crippen molar-refractivity contribution in [3.05, 3.63) is 42.5 Å². The van der Waals surface area contributed by atoms with Gasteiger partial charge in [0.25, 0.3) is 0 Å². The zero-order valence-corrected chi connectivity index (χ0v) is 7.51. The Bertz CT molecular complexity index is 378. The van der Waals surface area contributed by atoms with Gasteiger partial charge in [-0.25, -0.2) is 4.68 Å². The van der Waals surface area contributed by atoms with Crippen molar-refractivity contribution >= 4 is 0 Å². The van der Waals surface area contributed by atoms with Gasteiger partial charge >= 0.3 is 0 Å². The molecule has 0 amide bonds. The van der Waals surface area contributed by atoms with E-state index in [0.717, 1.165) is 12.1 Å². The highest BCUT2D eigenvalue weighted by atomic mass is 15.3. The molecule has 2 aromatic heterocycles. The molecule has 66 valence electrons. The molecule has 0 aliphatic carbocycles. The zero-order chi connectivity index (χ0) is 9.10. The fourth-order valence-electron chi connectivity index (χ4n) is 1.17. The van der Waals surface area contributed by atoms with Crippen molar-refractivity contribution in [1.82, 2.24) is 14.8 Å². The SMILES string of the molecule is CCc1cnn(-c2cccnc2)c1. The van der Waals surface area contributed by atoms with Gasteiger partial charge < -0.3 is 0 Å². The van der Waals surface area contributed by atoms with Crippen LogP contribution in [0.25, 0.3) is 5.69 Å². The van der Waals surface area contributed by atoms with Crippen LogP contribution in [0.2, 0.25) is 0 Å². The van der Waals surface area contributed by atoms with Gasteiger partial charge in [-0.05, 0) is 24.1 Å². The van der Waals surface area contributed by atoms with Crippen LogP contribution in [-0.4, -0.2) is 14.8 Å². The quantitative estimate of drug-likeness (QED) is 0.693. The van der Waals surface area contributed by atoms with Crippen molar-refractivity contribution in [2.75, 3.05) is 0 Å². The molecule has 3 heteroatoms. The molecule has 0 radical (unpaired) electrons.